The molecule has 0 saturated heterocycles. The smallest absolute Gasteiger partial charge is 0.330 e. The molecular formula is C14H22O3. The van der Waals surface area contributed by atoms with Crippen LogP contribution in [0.15, 0.2) is 36.0 Å². The highest BCUT2D eigenvalue weighted by Crippen LogP contribution is 2.12. The molecule has 0 rings (SSSR count). The van der Waals surface area contributed by atoms with E-state index in [1.807, 2.05) is 12.2 Å². The van der Waals surface area contributed by atoms with Gasteiger partial charge in [-0.05, 0) is 32.1 Å². The largest absolute Gasteiger partial charge is 0.478 e. The van der Waals surface area contributed by atoms with Gasteiger partial charge >= 0.3 is 5.97 Å². The molecule has 2 N–H and O–H groups in total. The molecule has 0 aliphatic rings. The van der Waals surface area contributed by atoms with Gasteiger partial charge in [0.05, 0.1) is 6.61 Å². The van der Waals surface area contributed by atoms with Gasteiger partial charge < -0.3 is 10.2 Å². The van der Waals surface area contributed by atoms with Crippen molar-refractivity contribution in [2.75, 3.05) is 6.61 Å². The molecule has 0 heterocycles. The molecule has 0 aromatic carbocycles. The summed E-state index contributed by atoms with van der Waals surface area (Å²) in [4.78, 5) is 10.5. The molecule has 0 saturated carbocycles. The second-order valence-electron chi connectivity index (χ2n) is 4.15. The lowest BCUT2D eigenvalue weighted by molar-refractivity contribution is -0.132. The summed E-state index contributed by atoms with van der Waals surface area (Å²) in [5, 5.41) is 17.2. The van der Waals surface area contributed by atoms with Crippen molar-refractivity contribution in [1.82, 2.24) is 0 Å². The van der Waals surface area contributed by atoms with Crippen molar-refractivity contribution < 1.29 is 15.0 Å². The molecule has 0 aliphatic heterocycles. The quantitative estimate of drug-likeness (QED) is 0.505. The molecule has 96 valence electrons. The number of hydrogen-bond donors (Lipinski definition) is 2. The standard InChI is InChI=1S/C14H22O3/c1-12(8-5-3-4-6-11-15)9-7-10-13(2)14(16)17/h3-6,10,12,15H,7-9,11H2,1-2H3,(H,16,17)/b5-3+,6-4+,13-10+/t12-/m1/s1. The summed E-state index contributed by atoms with van der Waals surface area (Å²) in [7, 11) is 0. The first kappa shape index (κ1) is 15.7. The van der Waals surface area contributed by atoms with Crippen molar-refractivity contribution in [2.45, 2.75) is 33.1 Å². The zero-order valence-corrected chi connectivity index (χ0v) is 10.6. The van der Waals surface area contributed by atoms with E-state index in [0.717, 1.165) is 19.3 Å². The van der Waals surface area contributed by atoms with Gasteiger partial charge in [0.25, 0.3) is 0 Å². The second kappa shape index (κ2) is 9.85. The van der Waals surface area contributed by atoms with Crippen LogP contribution in [0.25, 0.3) is 0 Å². The van der Waals surface area contributed by atoms with Crippen LogP contribution in [0.1, 0.15) is 33.1 Å². The molecule has 0 bridgehead atoms. The van der Waals surface area contributed by atoms with Gasteiger partial charge in [0.2, 0.25) is 0 Å². The van der Waals surface area contributed by atoms with E-state index >= 15 is 0 Å². The van der Waals surface area contributed by atoms with Crippen LogP contribution in [-0.2, 0) is 4.79 Å². The predicted molar refractivity (Wildman–Crippen MR) is 69.8 cm³/mol. The summed E-state index contributed by atoms with van der Waals surface area (Å²) >= 11 is 0. The fraction of sp³-hybridized carbons (Fsp3) is 0.500. The molecular weight excluding hydrogens is 216 g/mol. The molecule has 0 fully saturated rings. The minimum Gasteiger partial charge on any atom is -0.478 e. The fourth-order valence-corrected chi connectivity index (χ4v) is 1.32. The molecule has 1 atom stereocenters. The van der Waals surface area contributed by atoms with Crippen LogP contribution in [0, 0.1) is 5.92 Å². The van der Waals surface area contributed by atoms with Crippen molar-refractivity contribution in [3.8, 4) is 0 Å². The first-order chi connectivity index (χ1) is 8.07. The number of hydrogen-bond acceptors (Lipinski definition) is 2. The van der Waals surface area contributed by atoms with Crippen LogP contribution in [0.2, 0.25) is 0 Å². The van der Waals surface area contributed by atoms with Crippen LogP contribution in [-0.4, -0.2) is 22.8 Å². The highest BCUT2D eigenvalue weighted by molar-refractivity contribution is 5.85. The Morgan fingerprint density at radius 1 is 1.29 bits per heavy atom. The van der Waals surface area contributed by atoms with E-state index in [1.165, 1.54) is 0 Å². The van der Waals surface area contributed by atoms with Gasteiger partial charge in [-0.15, -0.1) is 0 Å². The van der Waals surface area contributed by atoms with E-state index < -0.39 is 5.97 Å². The highest BCUT2D eigenvalue weighted by atomic mass is 16.4. The number of carboxylic acid groups (broad SMARTS) is 1. The average Bonchev–Trinajstić information content (AvgIpc) is 2.28. The van der Waals surface area contributed by atoms with Gasteiger partial charge in [-0.2, -0.15) is 0 Å². The molecule has 3 heteroatoms. The molecule has 0 spiro atoms. The van der Waals surface area contributed by atoms with Gasteiger partial charge in [0, 0.05) is 5.57 Å². The van der Waals surface area contributed by atoms with E-state index in [4.69, 9.17) is 10.2 Å². The lowest BCUT2D eigenvalue weighted by Crippen LogP contribution is -1.97. The number of aliphatic hydroxyl groups is 1. The van der Waals surface area contributed by atoms with Crippen molar-refractivity contribution in [1.29, 1.82) is 0 Å². The second-order valence-corrected chi connectivity index (χ2v) is 4.15. The monoisotopic (exact) mass is 238 g/mol. The Morgan fingerprint density at radius 3 is 2.53 bits per heavy atom. The zero-order chi connectivity index (χ0) is 13.1. The number of carboxylic acids is 1. The van der Waals surface area contributed by atoms with E-state index in [2.05, 4.69) is 13.0 Å². The first-order valence-corrected chi connectivity index (χ1v) is 5.90. The molecule has 17 heavy (non-hydrogen) atoms. The van der Waals surface area contributed by atoms with Crippen molar-refractivity contribution >= 4 is 5.97 Å². The summed E-state index contributed by atoms with van der Waals surface area (Å²) in [6, 6.07) is 0. The SMILES string of the molecule is C/C(=C\CC[C@H](C)C/C=C/C=C/CO)C(=O)O. The molecule has 3 nitrogen and oxygen atoms in total. The zero-order valence-electron chi connectivity index (χ0n) is 10.6. The number of carbonyl (C=O) groups is 1. The molecule has 0 radical (unpaired) electrons. The number of aliphatic carboxylic acids is 1. The van der Waals surface area contributed by atoms with E-state index in [0.29, 0.717) is 11.5 Å². The van der Waals surface area contributed by atoms with Crippen LogP contribution in [0.4, 0.5) is 0 Å². The third-order valence-corrected chi connectivity index (χ3v) is 2.47. The lowest BCUT2D eigenvalue weighted by atomic mass is 10.0. The molecule has 0 aliphatic carbocycles. The average molecular weight is 238 g/mol. The van der Waals surface area contributed by atoms with E-state index in [1.54, 1.807) is 19.1 Å². The number of rotatable bonds is 8. The van der Waals surface area contributed by atoms with Crippen molar-refractivity contribution in [2.24, 2.45) is 5.92 Å². The third kappa shape index (κ3) is 9.57. The lowest BCUT2D eigenvalue weighted by Gasteiger charge is -2.05. The Labute approximate surface area is 103 Å². The first-order valence-electron chi connectivity index (χ1n) is 5.90. The Hall–Kier alpha value is -1.35. The van der Waals surface area contributed by atoms with Crippen molar-refractivity contribution in [3.63, 3.8) is 0 Å². The van der Waals surface area contributed by atoms with Crippen LogP contribution in [0.5, 0.6) is 0 Å². The Morgan fingerprint density at radius 2 is 1.94 bits per heavy atom. The van der Waals surface area contributed by atoms with E-state index in [9.17, 15) is 4.79 Å². The van der Waals surface area contributed by atoms with Crippen LogP contribution >= 0.6 is 0 Å². The Kier molecular flexibility index (Phi) is 9.06. The van der Waals surface area contributed by atoms with Gasteiger partial charge in [-0.1, -0.05) is 37.3 Å². The summed E-state index contributed by atoms with van der Waals surface area (Å²) in [5.41, 5.74) is 0.415. The summed E-state index contributed by atoms with van der Waals surface area (Å²) in [5.74, 6) is -0.307. The molecule has 0 unspecified atom stereocenters. The van der Waals surface area contributed by atoms with Gasteiger partial charge in [0.15, 0.2) is 0 Å². The van der Waals surface area contributed by atoms with Gasteiger partial charge in [-0.25, -0.2) is 4.79 Å². The molecule has 0 aromatic heterocycles. The highest BCUT2D eigenvalue weighted by Gasteiger charge is 2.01. The minimum absolute atomic E-state index is 0.0686. The van der Waals surface area contributed by atoms with Crippen LogP contribution in [0.3, 0.4) is 0 Å². The summed E-state index contributed by atoms with van der Waals surface area (Å²) in [6.45, 7) is 3.83. The summed E-state index contributed by atoms with van der Waals surface area (Å²) < 4.78 is 0. The topological polar surface area (TPSA) is 57.5 Å². The molecule has 0 amide bonds. The molecule has 0 aromatic rings. The normalized spacial score (nSPS) is 14.6. The van der Waals surface area contributed by atoms with Crippen LogP contribution < -0.4 is 0 Å². The number of allylic oxidation sites excluding steroid dienone is 4. The minimum atomic E-state index is -0.841. The van der Waals surface area contributed by atoms with Gasteiger partial charge in [-0.3, -0.25) is 0 Å². The van der Waals surface area contributed by atoms with Crippen molar-refractivity contribution in [3.05, 3.63) is 36.0 Å². The maximum atomic E-state index is 10.5. The Bertz CT molecular complexity index is 301. The Balaban J connectivity index is 3.77. The number of aliphatic hydroxyl groups excluding tert-OH is 1. The van der Waals surface area contributed by atoms with E-state index in [-0.39, 0.29) is 6.61 Å². The van der Waals surface area contributed by atoms with Gasteiger partial charge in [0.1, 0.15) is 0 Å². The maximum absolute atomic E-state index is 10.5. The third-order valence-electron chi connectivity index (χ3n) is 2.47. The summed E-state index contributed by atoms with van der Waals surface area (Å²) in [6.07, 6.45) is 12.0. The predicted octanol–water partition coefficient (Wildman–Crippen LogP) is 2.93. The fourth-order valence-electron chi connectivity index (χ4n) is 1.32. The maximum Gasteiger partial charge on any atom is 0.330 e.